The van der Waals surface area contributed by atoms with Gasteiger partial charge in [0.25, 0.3) is 0 Å². The first-order chi connectivity index (χ1) is 7.13. The summed E-state index contributed by atoms with van der Waals surface area (Å²) < 4.78 is 0. The normalized spacial score (nSPS) is 25.6. The smallest absolute Gasteiger partial charge is 0.228 e. The average molecular weight is 203 g/mol. The second-order valence-electron chi connectivity index (χ2n) is 4.48. The van der Waals surface area contributed by atoms with E-state index >= 15 is 0 Å². The molecular formula is C13H17NO. The van der Waals surface area contributed by atoms with Crippen molar-refractivity contribution >= 4 is 5.91 Å². The fourth-order valence-electron chi connectivity index (χ4n) is 2.34. The van der Waals surface area contributed by atoms with Gasteiger partial charge >= 0.3 is 0 Å². The summed E-state index contributed by atoms with van der Waals surface area (Å²) in [6.45, 7) is 6.15. The molecule has 1 saturated heterocycles. The van der Waals surface area contributed by atoms with Crippen molar-refractivity contribution in [2.45, 2.75) is 32.9 Å². The minimum absolute atomic E-state index is 0.134. The molecule has 2 rings (SSSR count). The van der Waals surface area contributed by atoms with Gasteiger partial charge < -0.3 is 4.90 Å². The molecule has 1 aliphatic heterocycles. The third-order valence-corrected chi connectivity index (χ3v) is 3.11. The summed E-state index contributed by atoms with van der Waals surface area (Å²) in [6.07, 6.45) is 0. The predicted octanol–water partition coefficient (Wildman–Crippen LogP) is 2.61. The molecule has 1 fully saturated rings. The molecule has 15 heavy (non-hydrogen) atoms. The van der Waals surface area contributed by atoms with Gasteiger partial charge in [0.2, 0.25) is 5.91 Å². The van der Waals surface area contributed by atoms with Gasteiger partial charge in [0.15, 0.2) is 0 Å². The summed E-state index contributed by atoms with van der Waals surface area (Å²) in [6, 6.07) is 10.8. The third-order valence-electron chi connectivity index (χ3n) is 3.11. The Balaban J connectivity index is 2.26. The zero-order valence-electron chi connectivity index (χ0n) is 9.47. The van der Waals surface area contributed by atoms with Crippen LogP contribution < -0.4 is 0 Å². The summed E-state index contributed by atoms with van der Waals surface area (Å²) in [5.74, 6) is 0.411. The van der Waals surface area contributed by atoms with Crippen molar-refractivity contribution in [3.63, 3.8) is 0 Å². The Bertz CT molecular complexity index is 358. The number of carbonyl (C=O) groups is 1. The molecule has 2 nitrogen and oxygen atoms in total. The highest BCUT2D eigenvalue weighted by Gasteiger charge is 2.45. The van der Waals surface area contributed by atoms with Crippen molar-refractivity contribution in [3.8, 4) is 0 Å². The lowest BCUT2D eigenvalue weighted by atomic mass is 9.83. The third kappa shape index (κ3) is 1.54. The van der Waals surface area contributed by atoms with Crippen molar-refractivity contribution in [1.29, 1.82) is 0 Å². The lowest BCUT2D eigenvalue weighted by Crippen LogP contribution is -2.56. The second-order valence-corrected chi connectivity index (χ2v) is 4.48. The summed E-state index contributed by atoms with van der Waals surface area (Å²) in [4.78, 5) is 13.7. The van der Waals surface area contributed by atoms with Crippen molar-refractivity contribution in [1.82, 2.24) is 4.90 Å². The van der Waals surface area contributed by atoms with E-state index in [1.807, 2.05) is 30.0 Å². The first-order valence-electron chi connectivity index (χ1n) is 5.50. The largest absolute Gasteiger partial charge is 0.332 e. The van der Waals surface area contributed by atoms with Crippen LogP contribution in [0.25, 0.3) is 0 Å². The molecule has 1 amide bonds. The number of benzene rings is 1. The molecule has 80 valence electrons. The molecule has 0 bridgehead atoms. The Morgan fingerprint density at radius 2 is 1.80 bits per heavy atom. The fourth-order valence-corrected chi connectivity index (χ4v) is 2.34. The van der Waals surface area contributed by atoms with E-state index in [9.17, 15) is 4.79 Å². The number of β-lactam (4-membered cyclic amide) rings is 1. The standard InChI is InChI=1S/C13H17NO/c1-9(2)14-12(10(3)13(14)15)11-7-5-4-6-8-11/h4-10,12H,1-3H3. The van der Waals surface area contributed by atoms with Gasteiger partial charge in [0, 0.05) is 6.04 Å². The average Bonchev–Trinajstić information content (AvgIpc) is 2.25. The molecule has 1 aliphatic rings. The maximum atomic E-state index is 11.7. The zero-order chi connectivity index (χ0) is 11.0. The van der Waals surface area contributed by atoms with Gasteiger partial charge in [0.05, 0.1) is 12.0 Å². The predicted molar refractivity (Wildman–Crippen MR) is 60.3 cm³/mol. The highest BCUT2D eigenvalue weighted by Crippen LogP contribution is 2.40. The lowest BCUT2D eigenvalue weighted by molar-refractivity contribution is -0.158. The minimum atomic E-state index is 0.134. The molecule has 2 heteroatoms. The molecule has 0 spiro atoms. The van der Waals surface area contributed by atoms with Crippen LogP contribution in [-0.2, 0) is 4.79 Å². The second kappa shape index (κ2) is 3.69. The minimum Gasteiger partial charge on any atom is -0.332 e. The van der Waals surface area contributed by atoms with E-state index in [0.29, 0.717) is 6.04 Å². The molecule has 0 aliphatic carbocycles. The van der Waals surface area contributed by atoms with Crippen LogP contribution in [0, 0.1) is 5.92 Å². The van der Waals surface area contributed by atoms with E-state index in [1.165, 1.54) is 5.56 Å². The van der Waals surface area contributed by atoms with Gasteiger partial charge in [-0.3, -0.25) is 4.79 Å². The van der Waals surface area contributed by atoms with Gasteiger partial charge in [-0.1, -0.05) is 37.3 Å². The van der Waals surface area contributed by atoms with Crippen molar-refractivity contribution < 1.29 is 4.79 Å². The lowest BCUT2D eigenvalue weighted by Gasteiger charge is -2.48. The quantitative estimate of drug-likeness (QED) is 0.677. The number of carbonyl (C=O) groups excluding carboxylic acids is 1. The molecule has 0 radical (unpaired) electrons. The Hall–Kier alpha value is -1.31. The van der Waals surface area contributed by atoms with E-state index in [4.69, 9.17) is 0 Å². The number of rotatable bonds is 2. The van der Waals surface area contributed by atoms with Crippen LogP contribution in [0.1, 0.15) is 32.4 Å². The van der Waals surface area contributed by atoms with E-state index in [2.05, 4.69) is 26.0 Å². The van der Waals surface area contributed by atoms with Gasteiger partial charge in [-0.2, -0.15) is 0 Å². The Kier molecular flexibility index (Phi) is 2.51. The summed E-state index contributed by atoms with van der Waals surface area (Å²) in [5, 5.41) is 0. The molecular weight excluding hydrogens is 186 g/mol. The molecule has 2 atom stereocenters. The molecule has 1 aromatic carbocycles. The SMILES string of the molecule is CC1C(=O)N(C(C)C)C1c1ccccc1. The maximum Gasteiger partial charge on any atom is 0.228 e. The van der Waals surface area contributed by atoms with Crippen LogP contribution in [0.4, 0.5) is 0 Å². The number of nitrogens with zero attached hydrogens (tertiary/aromatic N) is 1. The van der Waals surface area contributed by atoms with Crippen LogP contribution in [0.2, 0.25) is 0 Å². The van der Waals surface area contributed by atoms with Crippen LogP contribution in [0.5, 0.6) is 0 Å². The molecule has 0 aromatic heterocycles. The van der Waals surface area contributed by atoms with E-state index < -0.39 is 0 Å². The summed E-state index contributed by atoms with van der Waals surface area (Å²) >= 11 is 0. The van der Waals surface area contributed by atoms with Gasteiger partial charge in [0.1, 0.15) is 0 Å². The molecule has 0 saturated carbocycles. The first-order valence-corrected chi connectivity index (χ1v) is 5.50. The summed E-state index contributed by atoms with van der Waals surface area (Å²) in [7, 11) is 0. The molecule has 2 unspecified atom stereocenters. The Morgan fingerprint density at radius 3 is 2.33 bits per heavy atom. The topological polar surface area (TPSA) is 20.3 Å². The number of amides is 1. The van der Waals surface area contributed by atoms with E-state index in [-0.39, 0.29) is 17.9 Å². The maximum absolute atomic E-state index is 11.7. The van der Waals surface area contributed by atoms with Crippen molar-refractivity contribution in [2.75, 3.05) is 0 Å². The van der Waals surface area contributed by atoms with Crippen LogP contribution in [0.3, 0.4) is 0 Å². The van der Waals surface area contributed by atoms with E-state index in [1.54, 1.807) is 0 Å². The number of likely N-dealkylation sites (tertiary alicyclic amines) is 1. The van der Waals surface area contributed by atoms with Crippen molar-refractivity contribution in [2.24, 2.45) is 5.92 Å². The highest BCUT2D eigenvalue weighted by atomic mass is 16.2. The molecule has 1 aromatic rings. The van der Waals surface area contributed by atoms with Crippen LogP contribution in [0.15, 0.2) is 30.3 Å². The highest BCUT2D eigenvalue weighted by molar-refractivity contribution is 5.86. The Morgan fingerprint density at radius 1 is 1.20 bits per heavy atom. The molecule has 1 heterocycles. The zero-order valence-corrected chi connectivity index (χ0v) is 9.47. The van der Waals surface area contributed by atoms with Gasteiger partial charge in [-0.15, -0.1) is 0 Å². The van der Waals surface area contributed by atoms with Gasteiger partial charge in [-0.05, 0) is 19.4 Å². The summed E-state index contributed by atoms with van der Waals surface area (Å²) in [5.41, 5.74) is 1.25. The number of hydrogen-bond donors (Lipinski definition) is 0. The van der Waals surface area contributed by atoms with E-state index in [0.717, 1.165) is 0 Å². The van der Waals surface area contributed by atoms with Crippen LogP contribution in [-0.4, -0.2) is 16.8 Å². The van der Waals surface area contributed by atoms with Crippen LogP contribution >= 0.6 is 0 Å². The van der Waals surface area contributed by atoms with Gasteiger partial charge in [-0.25, -0.2) is 0 Å². The van der Waals surface area contributed by atoms with Crippen molar-refractivity contribution in [3.05, 3.63) is 35.9 Å². The molecule has 0 N–H and O–H groups in total. The Labute approximate surface area is 90.9 Å². The number of hydrogen-bond acceptors (Lipinski definition) is 1. The fraction of sp³-hybridized carbons (Fsp3) is 0.462. The monoisotopic (exact) mass is 203 g/mol. The first kappa shape index (κ1) is 10.2.